The number of aromatic nitrogens is 1. The zero-order valence-electron chi connectivity index (χ0n) is 12.9. The second-order valence-electron chi connectivity index (χ2n) is 5.20. The van der Waals surface area contributed by atoms with E-state index in [1.165, 1.54) is 0 Å². The summed E-state index contributed by atoms with van der Waals surface area (Å²) in [4.78, 5) is 21.0. The third-order valence-electron chi connectivity index (χ3n) is 3.60. The number of hydrogen-bond acceptors (Lipinski definition) is 5. The van der Waals surface area contributed by atoms with Crippen LogP contribution in [0.25, 0.3) is 22.6 Å². The maximum Gasteiger partial charge on any atom is 0.252 e. The van der Waals surface area contributed by atoms with Crippen molar-refractivity contribution in [2.75, 3.05) is 14.2 Å². The third-order valence-corrected chi connectivity index (χ3v) is 3.60. The second-order valence-corrected chi connectivity index (χ2v) is 5.20. The molecule has 0 fully saturated rings. The number of benzene rings is 2. The Bertz CT molecular complexity index is 840. The SMILES string of the molecule is CON(C)Cc1ccc(-c2nc3cccc(C(N)=O)c3o2)cc1. The van der Waals surface area contributed by atoms with Crippen LogP contribution in [0.15, 0.2) is 46.9 Å². The van der Waals surface area contributed by atoms with Crippen molar-refractivity contribution in [2.45, 2.75) is 6.54 Å². The Labute approximate surface area is 133 Å². The van der Waals surface area contributed by atoms with Crippen molar-refractivity contribution in [3.8, 4) is 11.5 Å². The van der Waals surface area contributed by atoms with E-state index in [-0.39, 0.29) is 0 Å². The third kappa shape index (κ3) is 3.08. The van der Waals surface area contributed by atoms with Gasteiger partial charge in [-0.15, -0.1) is 0 Å². The molecule has 1 amide bonds. The first-order chi connectivity index (χ1) is 11.1. The van der Waals surface area contributed by atoms with E-state index in [0.29, 0.717) is 29.1 Å². The number of carbonyl (C=O) groups is 1. The topological polar surface area (TPSA) is 81.6 Å². The van der Waals surface area contributed by atoms with Crippen LogP contribution in [0.4, 0.5) is 0 Å². The molecule has 1 heterocycles. The predicted octanol–water partition coefficient (Wildman–Crippen LogP) is 2.59. The minimum Gasteiger partial charge on any atom is -0.435 e. The Kier molecular flexibility index (Phi) is 4.10. The van der Waals surface area contributed by atoms with Crippen molar-refractivity contribution in [1.29, 1.82) is 0 Å². The summed E-state index contributed by atoms with van der Waals surface area (Å²) in [6.45, 7) is 0.677. The van der Waals surface area contributed by atoms with E-state index < -0.39 is 5.91 Å². The molecule has 0 atom stereocenters. The van der Waals surface area contributed by atoms with Crippen LogP contribution < -0.4 is 5.73 Å². The fraction of sp³-hybridized carbons (Fsp3) is 0.176. The molecule has 0 radical (unpaired) electrons. The summed E-state index contributed by atoms with van der Waals surface area (Å²) < 4.78 is 5.74. The maximum absolute atomic E-state index is 11.5. The molecular formula is C17H17N3O3. The van der Waals surface area contributed by atoms with Gasteiger partial charge in [-0.25, -0.2) is 4.98 Å². The molecule has 2 N–H and O–H groups in total. The smallest absolute Gasteiger partial charge is 0.252 e. The van der Waals surface area contributed by atoms with E-state index in [9.17, 15) is 4.79 Å². The van der Waals surface area contributed by atoms with Crippen molar-refractivity contribution in [3.05, 3.63) is 53.6 Å². The molecule has 0 saturated heterocycles. The minimum absolute atomic E-state index is 0.333. The molecule has 6 nitrogen and oxygen atoms in total. The average Bonchev–Trinajstić information content (AvgIpc) is 2.99. The number of para-hydroxylation sites is 1. The van der Waals surface area contributed by atoms with Crippen LogP contribution in [0, 0.1) is 0 Å². The van der Waals surface area contributed by atoms with Gasteiger partial charge in [-0.2, -0.15) is 5.06 Å². The van der Waals surface area contributed by atoms with E-state index in [1.807, 2.05) is 31.3 Å². The molecule has 3 rings (SSSR count). The molecule has 0 spiro atoms. The number of nitrogens with two attached hydrogens (primary N) is 1. The number of carbonyl (C=O) groups excluding carboxylic acids is 1. The van der Waals surface area contributed by atoms with Crippen LogP contribution in [-0.4, -0.2) is 30.1 Å². The Balaban J connectivity index is 1.94. The van der Waals surface area contributed by atoms with Gasteiger partial charge in [0.25, 0.3) is 5.91 Å². The van der Waals surface area contributed by atoms with Crippen molar-refractivity contribution in [3.63, 3.8) is 0 Å². The molecule has 0 aliphatic rings. The number of nitrogens with zero attached hydrogens (tertiary/aromatic N) is 2. The summed E-state index contributed by atoms with van der Waals surface area (Å²) in [7, 11) is 3.49. The largest absolute Gasteiger partial charge is 0.435 e. The molecule has 1 aromatic heterocycles. The average molecular weight is 311 g/mol. The number of hydroxylamine groups is 2. The van der Waals surface area contributed by atoms with E-state index >= 15 is 0 Å². The molecule has 2 aromatic carbocycles. The molecule has 3 aromatic rings. The first kappa shape index (κ1) is 15.2. The Morgan fingerprint density at radius 1 is 1.26 bits per heavy atom. The van der Waals surface area contributed by atoms with E-state index in [2.05, 4.69) is 4.98 Å². The van der Waals surface area contributed by atoms with Gasteiger partial charge in [-0.05, 0) is 29.8 Å². The van der Waals surface area contributed by atoms with Crippen LogP contribution in [0.3, 0.4) is 0 Å². The first-order valence-electron chi connectivity index (χ1n) is 7.12. The molecule has 23 heavy (non-hydrogen) atoms. The van der Waals surface area contributed by atoms with Crippen LogP contribution in [0.1, 0.15) is 15.9 Å². The highest BCUT2D eigenvalue weighted by atomic mass is 16.7. The quantitative estimate of drug-likeness (QED) is 0.732. The molecule has 0 aliphatic carbocycles. The molecule has 0 saturated carbocycles. The van der Waals surface area contributed by atoms with Gasteiger partial charge in [0.1, 0.15) is 5.52 Å². The van der Waals surface area contributed by atoms with Crippen molar-refractivity contribution in [2.24, 2.45) is 5.73 Å². The fourth-order valence-corrected chi connectivity index (χ4v) is 2.34. The Hall–Kier alpha value is -2.70. The van der Waals surface area contributed by atoms with Gasteiger partial charge in [0.15, 0.2) is 5.58 Å². The predicted molar refractivity (Wildman–Crippen MR) is 86.4 cm³/mol. The lowest BCUT2D eigenvalue weighted by atomic mass is 10.1. The fourth-order valence-electron chi connectivity index (χ4n) is 2.34. The van der Waals surface area contributed by atoms with Gasteiger partial charge in [-0.3, -0.25) is 4.79 Å². The molecule has 6 heteroatoms. The number of rotatable bonds is 5. The standard InChI is InChI=1S/C17H17N3O3/c1-20(22-2)10-11-6-8-12(9-7-11)17-19-14-5-3-4-13(16(18)21)15(14)23-17/h3-9H,10H2,1-2H3,(H2,18,21). The lowest BCUT2D eigenvalue weighted by Gasteiger charge is -2.13. The number of amides is 1. The summed E-state index contributed by atoms with van der Waals surface area (Å²) in [5.41, 5.74) is 8.66. The van der Waals surface area contributed by atoms with Crippen molar-refractivity contribution < 1.29 is 14.0 Å². The number of fused-ring (bicyclic) bond motifs is 1. The van der Waals surface area contributed by atoms with Crippen LogP contribution in [0.2, 0.25) is 0 Å². The van der Waals surface area contributed by atoms with Gasteiger partial charge in [-0.1, -0.05) is 18.2 Å². The molecule has 0 bridgehead atoms. The normalized spacial score (nSPS) is 11.3. The van der Waals surface area contributed by atoms with Crippen LogP contribution in [-0.2, 0) is 11.4 Å². The van der Waals surface area contributed by atoms with Crippen molar-refractivity contribution >= 4 is 17.0 Å². The van der Waals surface area contributed by atoms with Crippen LogP contribution in [0.5, 0.6) is 0 Å². The van der Waals surface area contributed by atoms with Gasteiger partial charge in [0, 0.05) is 19.2 Å². The molecule has 0 aliphatic heterocycles. The van der Waals surface area contributed by atoms with Crippen LogP contribution >= 0.6 is 0 Å². The Morgan fingerprint density at radius 3 is 2.65 bits per heavy atom. The summed E-state index contributed by atoms with van der Waals surface area (Å²) in [5.74, 6) is -0.0726. The summed E-state index contributed by atoms with van der Waals surface area (Å²) in [6.07, 6.45) is 0. The summed E-state index contributed by atoms with van der Waals surface area (Å²) in [5, 5.41) is 1.73. The summed E-state index contributed by atoms with van der Waals surface area (Å²) in [6, 6.07) is 13.0. The van der Waals surface area contributed by atoms with Gasteiger partial charge >= 0.3 is 0 Å². The van der Waals surface area contributed by atoms with E-state index in [1.54, 1.807) is 30.4 Å². The summed E-state index contributed by atoms with van der Waals surface area (Å²) >= 11 is 0. The van der Waals surface area contributed by atoms with Gasteiger partial charge in [0.2, 0.25) is 5.89 Å². The molecular weight excluding hydrogens is 294 g/mol. The van der Waals surface area contributed by atoms with E-state index in [4.69, 9.17) is 15.0 Å². The van der Waals surface area contributed by atoms with Crippen molar-refractivity contribution in [1.82, 2.24) is 10.0 Å². The highest BCUT2D eigenvalue weighted by molar-refractivity contribution is 6.03. The molecule has 118 valence electrons. The zero-order chi connectivity index (χ0) is 16.4. The number of hydrogen-bond donors (Lipinski definition) is 1. The zero-order valence-corrected chi connectivity index (χ0v) is 12.9. The Morgan fingerprint density at radius 2 is 2.00 bits per heavy atom. The highest BCUT2D eigenvalue weighted by Gasteiger charge is 2.14. The number of primary amides is 1. The molecule has 0 unspecified atom stereocenters. The highest BCUT2D eigenvalue weighted by Crippen LogP contribution is 2.26. The van der Waals surface area contributed by atoms with E-state index in [0.717, 1.165) is 11.1 Å². The lowest BCUT2D eigenvalue weighted by molar-refractivity contribution is -0.116. The second kappa shape index (κ2) is 6.20. The number of oxazole rings is 1. The van der Waals surface area contributed by atoms with Gasteiger partial charge in [0.05, 0.1) is 12.7 Å². The maximum atomic E-state index is 11.5. The minimum atomic E-state index is -0.531. The van der Waals surface area contributed by atoms with Gasteiger partial charge < -0.3 is 15.0 Å². The first-order valence-corrected chi connectivity index (χ1v) is 7.12. The lowest BCUT2D eigenvalue weighted by Crippen LogP contribution is -2.15. The monoisotopic (exact) mass is 311 g/mol.